The van der Waals surface area contributed by atoms with Crippen molar-refractivity contribution in [1.29, 1.82) is 0 Å². The molecule has 0 aliphatic heterocycles. The molecule has 84 valence electrons. The van der Waals surface area contributed by atoms with Crippen molar-refractivity contribution < 1.29 is 0 Å². The van der Waals surface area contributed by atoms with E-state index in [4.69, 9.17) is 0 Å². The first-order chi connectivity index (χ1) is 8.24. The zero-order valence-corrected chi connectivity index (χ0v) is 10.9. The van der Waals surface area contributed by atoms with Crippen LogP contribution in [0.5, 0.6) is 0 Å². The number of hydrogen-bond donors (Lipinski definition) is 0. The first-order valence-corrected chi connectivity index (χ1v) is 6.45. The highest BCUT2D eigenvalue weighted by atomic mass is 79.9. The van der Waals surface area contributed by atoms with Gasteiger partial charge in [0.15, 0.2) is 0 Å². The molecule has 0 aliphatic rings. The van der Waals surface area contributed by atoms with Crippen LogP contribution in [0, 0.1) is 0 Å². The Labute approximate surface area is 108 Å². The molecule has 0 spiro atoms. The van der Waals surface area contributed by atoms with Crippen LogP contribution < -0.4 is 10.1 Å². The van der Waals surface area contributed by atoms with Crippen molar-refractivity contribution in [2.24, 2.45) is 0 Å². The van der Waals surface area contributed by atoms with E-state index in [1.54, 1.807) is 0 Å². The lowest BCUT2D eigenvalue weighted by molar-refractivity contribution is 0.932. The molecule has 3 aromatic rings. The Morgan fingerprint density at radius 1 is 1.29 bits per heavy atom. The van der Waals surface area contributed by atoms with Crippen molar-refractivity contribution in [3.63, 3.8) is 0 Å². The fourth-order valence-electron chi connectivity index (χ4n) is 1.49. The Bertz CT molecular complexity index is 775. The maximum atomic E-state index is 11.9. The second-order valence-corrected chi connectivity index (χ2v) is 5.35. The Morgan fingerprint density at radius 2 is 2.06 bits per heavy atom. The van der Waals surface area contributed by atoms with Crippen LogP contribution in [0.3, 0.4) is 0 Å². The van der Waals surface area contributed by atoms with E-state index in [0.29, 0.717) is 9.49 Å². The predicted molar refractivity (Wildman–Crippen MR) is 70.1 cm³/mol. The van der Waals surface area contributed by atoms with Crippen LogP contribution in [0.25, 0.3) is 11.0 Å². The molecule has 4 nitrogen and oxygen atoms in total. The number of halogens is 1. The molecular weight excluding hydrogens is 302 g/mol. The summed E-state index contributed by atoms with van der Waals surface area (Å²) in [4.78, 5) is 16.5. The molecule has 0 amide bonds. The fraction of sp³-hybridized carbons (Fsp3) is 0. The van der Waals surface area contributed by atoms with E-state index >= 15 is 0 Å². The minimum absolute atomic E-state index is 0.120. The first-order valence-electron chi connectivity index (χ1n) is 4.84. The molecule has 0 bridgehead atoms. The number of fused-ring (bicyclic) bond motifs is 1. The summed E-state index contributed by atoms with van der Waals surface area (Å²) < 4.78 is 2.97. The number of aromatic nitrogens is 3. The lowest BCUT2D eigenvalue weighted by Crippen LogP contribution is -2.23. The maximum absolute atomic E-state index is 11.9. The van der Waals surface area contributed by atoms with E-state index in [1.807, 2.05) is 30.3 Å². The van der Waals surface area contributed by atoms with Gasteiger partial charge in [-0.25, -0.2) is 4.98 Å². The van der Waals surface area contributed by atoms with Crippen molar-refractivity contribution in [2.45, 2.75) is 0 Å². The minimum Gasteiger partial charge on any atom is -0.266 e. The minimum atomic E-state index is -0.120. The van der Waals surface area contributed by atoms with Gasteiger partial charge >= 0.3 is 0 Å². The predicted octanol–water partition coefficient (Wildman–Crippen LogP) is 1.46. The Hall–Kier alpha value is -1.53. The van der Waals surface area contributed by atoms with Crippen LogP contribution in [-0.2, 0) is 0 Å². The zero-order valence-electron chi connectivity index (χ0n) is 8.50. The van der Waals surface area contributed by atoms with Gasteiger partial charge in [0.25, 0.3) is 5.56 Å². The normalized spacial score (nSPS) is 12.4. The van der Waals surface area contributed by atoms with E-state index in [-0.39, 0.29) is 5.56 Å². The van der Waals surface area contributed by atoms with Crippen molar-refractivity contribution in [3.05, 3.63) is 55.5 Å². The molecule has 0 saturated carbocycles. The highest BCUT2D eigenvalue weighted by Gasteiger charge is 2.04. The monoisotopic (exact) mass is 307 g/mol. The summed E-state index contributed by atoms with van der Waals surface area (Å²) in [5.74, 6) is 0. The van der Waals surface area contributed by atoms with E-state index in [2.05, 4.69) is 26.0 Å². The SMILES string of the molecule is O=c1/c(=C/c2ccc(Br)cc2)sc2ncnn12. The third-order valence-corrected chi connectivity index (χ3v) is 3.79. The quantitative estimate of drug-likeness (QED) is 0.684. The van der Waals surface area contributed by atoms with E-state index in [9.17, 15) is 4.79 Å². The van der Waals surface area contributed by atoms with Gasteiger partial charge in [-0.05, 0) is 23.8 Å². The summed E-state index contributed by atoms with van der Waals surface area (Å²) >= 11 is 4.71. The lowest BCUT2D eigenvalue weighted by Gasteiger charge is -1.91. The van der Waals surface area contributed by atoms with Crippen LogP contribution in [0.2, 0.25) is 0 Å². The summed E-state index contributed by atoms with van der Waals surface area (Å²) in [6.45, 7) is 0. The zero-order chi connectivity index (χ0) is 11.8. The molecule has 0 fully saturated rings. The van der Waals surface area contributed by atoms with Crippen molar-refractivity contribution >= 4 is 38.3 Å². The number of benzene rings is 1. The number of thiazole rings is 1. The molecular formula is C11H6BrN3OS. The second kappa shape index (κ2) is 4.05. The van der Waals surface area contributed by atoms with Gasteiger partial charge in [-0.3, -0.25) is 4.79 Å². The van der Waals surface area contributed by atoms with Gasteiger partial charge in [0.1, 0.15) is 6.33 Å². The molecule has 0 N–H and O–H groups in total. The topological polar surface area (TPSA) is 47.3 Å². The highest BCUT2D eigenvalue weighted by Crippen LogP contribution is 2.10. The molecule has 0 aliphatic carbocycles. The van der Waals surface area contributed by atoms with E-state index < -0.39 is 0 Å². The molecule has 17 heavy (non-hydrogen) atoms. The van der Waals surface area contributed by atoms with Crippen LogP contribution in [0.15, 0.2) is 39.9 Å². The molecule has 0 radical (unpaired) electrons. The number of hydrogen-bond acceptors (Lipinski definition) is 4. The van der Waals surface area contributed by atoms with Crippen molar-refractivity contribution in [1.82, 2.24) is 14.6 Å². The van der Waals surface area contributed by atoms with Gasteiger partial charge in [-0.15, -0.1) is 0 Å². The third-order valence-electron chi connectivity index (χ3n) is 2.29. The van der Waals surface area contributed by atoms with Crippen LogP contribution in [0.4, 0.5) is 0 Å². The summed E-state index contributed by atoms with van der Waals surface area (Å²) in [7, 11) is 0. The van der Waals surface area contributed by atoms with Crippen LogP contribution in [0.1, 0.15) is 5.56 Å². The third kappa shape index (κ3) is 1.89. The average molecular weight is 308 g/mol. The Kier molecular flexibility index (Phi) is 2.53. The molecule has 0 unspecified atom stereocenters. The first kappa shape index (κ1) is 10.6. The van der Waals surface area contributed by atoms with Crippen LogP contribution in [-0.4, -0.2) is 14.6 Å². The summed E-state index contributed by atoms with van der Waals surface area (Å²) in [6, 6.07) is 7.76. The average Bonchev–Trinajstić information content (AvgIpc) is 2.87. The van der Waals surface area contributed by atoms with Crippen molar-refractivity contribution in [2.75, 3.05) is 0 Å². The lowest BCUT2D eigenvalue weighted by atomic mass is 10.2. The van der Waals surface area contributed by atoms with E-state index in [1.165, 1.54) is 22.2 Å². The Balaban J connectivity index is 2.20. The number of rotatable bonds is 1. The van der Waals surface area contributed by atoms with Crippen LogP contribution >= 0.6 is 27.3 Å². The molecule has 1 aromatic carbocycles. The fourth-order valence-corrected chi connectivity index (χ4v) is 2.63. The molecule has 3 rings (SSSR count). The maximum Gasteiger partial charge on any atom is 0.291 e. The molecule has 0 saturated heterocycles. The number of nitrogens with zero attached hydrogens (tertiary/aromatic N) is 3. The second-order valence-electron chi connectivity index (χ2n) is 3.42. The summed E-state index contributed by atoms with van der Waals surface area (Å²) in [5, 5.41) is 3.87. The van der Waals surface area contributed by atoms with Gasteiger partial charge in [0.05, 0.1) is 4.53 Å². The molecule has 2 aromatic heterocycles. The van der Waals surface area contributed by atoms with E-state index in [0.717, 1.165) is 10.0 Å². The van der Waals surface area contributed by atoms with Gasteiger partial charge in [-0.1, -0.05) is 39.4 Å². The highest BCUT2D eigenvalue weighted by molar-refractivity contribution is 9.10. The van der Waals surface area contributed by atoms with Crippen molar-refractivity contribution in [3.8, 4) is 0 Å². The smallest absolute Gasteiger partial charge is 0.266 e. The van der Waals surface area contributed by atoms with Gasteiger partial charge in [0.2, 0.25) is 4.96 Å². The molecule has 6 heteroatoms. The summed E-state index contributed by atoms with van der Waals surface area (Å²) in [6.07, 6.45) is 3.23. The summed E-state index contributed by atoms with van der Waals surface area (Å²) in [5.41, 5.74) is 0.861. The largest absolute Gasteiger partial charge is 0.291 e. The van der Waals surface area contributed by atoms with Gasteiger partial charge in [0, 0.05) is 4.47 Å². The standard InChI is InChI=1S/C11H6BrN3OS/c12-8-3-1-7(2-4-8)5-9-10(16)15-11(17-9)13-6-14-15/h1-6H/b9-5-. The van der Waals surface area contributed by atoms with Gasteiger partial charge in [-0.2, -0.15) is 9.61 Å². The Morgan fingerprint density at radius 3 is 2.76 bits per heavy atom. The molecule has 0 atom stereocenters. The van der Waals surface area contributed by atoms with Gasteiger partial charge < -0.3 is 0 Å². The molecule has 2 heterocycles.